The first-order valence-corrected chi connectivity index (χ1v) is 6.19. The minimum absolute atomic E-state index is 0.217. The fraction of sp³-hybridized carbons (Fsp3) is 0.417. The van der Waals surface area contributed by atoms with Crippen LogP contribution in [0.3, 0.4) is 0 Å². The molecular formula is C12H12F3N5. The molecule has 0 N–H and O–H groups in total. The highest BCUT2D eigenvalue weighted by molar-refractivity contribution is 5.39. The third kappa shape index (κ3) is 2.45. The van der Waals surface area contributed by atoms with Crippen LogP contribution in [0.2, 0.25) is 0 Å². The Labute approximate surface area is 113 Å². The van der Waals surface area contributed by atoms with Gasteiger partial charge in [-0.2, -0.15) is 18.3 Å². The second-order valence-electron chi connectivity index (χ2n) is 4.65. The number of aromatic nitrogens is 4. The van der Waals surface area contributed by atoms with E-state index in [1.165, 1.54) is 6.07 Å². The molecule has 20 heavy (non-hydrogen) atoms. The first-order valence-electron chi connectivity index (χ1n) is 6.19. The molecule has 1 fully saturated rings. The quantitative estimate of drug-likeness (QED) is 0.847. The highest BCUT2D eigenvalue weighted by atomic mass is 19.4. The Morgan fingerprint density at radius 2 is 2.05 bits per heavy atom. The zero-order valence-electron chi connectivity index (χ0n) is 10.5. The van der Waals surface area contributed by atoms with Crippen LogP contribution in [0.1, 0.15) is 18.2 Å². The van der Waals surface area contributed by atoms with Gasteiger partial charge in [-0.1, -0.05) is 0 Å². The first-order chi connectivity index (χ1) is 9.54. The Balaban J connectivity index is 1.72. The normalized spacial score (nSPS) is 19.6. The van der Waals surface area contributed by atoms with E-state index in [1.807, 2.05) is 21.8 Å². The van der Waals surface area contributed by atoms with Gasteiger partial charge in [0.1, 0.15) is 0 Å². The topological polar surface area (TPSA) is 46.8 Å². The Morgan fingerprint density at radius 3 is 2.65 bits per heavy atom. The standard InChI is InChI=1S/C12H12F3N5/c13-12(14,15)10-2-3-11(18-17-10)19-7-4-9(8-19)20-6-1-5-16-20/h1-3,5-6,9H,4,7-8H2. The highest BCUT2D eigenvalue weighted by Crippen LogP contribution is 2.29. The van der Waals surface area contributed by atoms with Crippen molar-refractivity contribution < 1.29 is 13.2 Å². The second kappa shape index (κ2) is 4.77. The summed E-state index contributed by atoms with van der Waals surface area (Å²) in [6.45, 7) is 1.40. The van der Waals surface area contributed by atoms with Gasteiger partial charge in [-0.15, -0.1) is 10.2 Å². The van der Waals surface area contributed by atoms with Crippen molar-refractivity contribution in [3.8, 4) is 0 Å². The average Bonchev–Trinajstić information content (AvgIpc) is 3.09. The summed E-state index contributed by atoms with van der Waals surface area (Å²) in [6, 6.07) is 4.39. The zero-order valence-corrected chi connectivity index (χ0v) is 10.5. The predicted molar refractivity (Wildman–Crippen MR) is 65.1 cm³/mol. The van der Waals surface area contributed by atoms with E-state index in [0.717, 1.165) is 19.0 Å². The minimum Gasteiger partial charge on any atom is -0.353 e. The lowest BCUT2D eigenvalue weighted by atomic mass is 10.3. The van der Waals surface area contributed by atoms with E-state index in [1.54, 1.807) is 6.20 Å². The molecule has 8 heteroatoms. The van der Waals surface area contributed by atoms with Crippen LogP contribution in [0.4, 0.5) is 19.0 Å². The Kier molecular flexibility index (Phi) is 3.07. The van der Waals surface area contributed by atoms with Crippen molar-refractivity contribution >= 4 is 5.82 Å². The number of hydrogen-bond acceptors (Lipinski definition) is 4. The molecule has 0 aromatic carbocycles. The van der Waals surface area contributed by atoms with Crippen molar-refractivity contribution in [3.63, 3.8) is 0 Å². The summed E-state index contributed by atoms with van der Waals surface area (Å²) >= 11 is 0. The van der Waals surface area contributed by atoms with Crippen LogP contribution in [-0.4, -0.2) is 33.1 Å². The number of hydrogen-bond donors (Lipinski definition) is 0. The lowest BCUT2D eigenvalue weighted by Gasteiger charge is -2.17. The van der Waals surface area contributed by atoms with E-state index >= 15 is 0 Å². The fourth-order valence-electron chi connectivity index (χ4n) is 2.31. The van der Waals surface area contributed by atoms with Crippen molar-refractivity contribution in [1.82, 2.24) is 20.0 Å². The van der Waals surface area contributed by atoms with Gasteiger partial charge < -0.3 is 4.90 Å². The monoisotopic (exact) mass is 283 g/mol. The van der Waals surface area contributed by atoms with Crippen molar-refractivity contribution in [2.75, 3.05) is 18.0 Å². The number of anilines is 1. The summed E-state index contributed by atoms with van der Waals surface area (Å²) in [7, 11) is 0. The number of nitrogens with zero attached hydrogens (tertiary/aromatic N) is 5. The van der Waals surface area contributed by atoms with E-state index in [2.05, 4.69) is 15.3 Å². The van der Waals surface area contributed by atoms with E-state index in [-0.39, 0.29) is 6.04 Å². The maximum absolute atomic E-state index is 12.4. The molecule has 0 saturated carbocycles. The molecule has 0 aliphatic carbocycles. The van der Waals surface area contributed by atoms with Crippen LogP contribution in [-0.2, 0) is 6.18 Å². The Morgan fingerprint density at radius 1 is 1.20 bits per heavy atom. The van der Waals surface area contributed by atoms with Crippen molar-refractivity contribution in [3.05, 3.63) is 36.3 Å². The summed E-state index contributed by atoms with van der Waals surface area (Å²) < 4.78 is 39.1. The van der Waals surface area contributed by atoms with Gasteiger partial charge in [0, 0.05) is 25.5 Å². The van der Waals surface area contributed by atoms with Crippen LogP contribution in [0.15, 0.2) is 30.6 Å². The maximum Gasteiger partial charge on any atom is 0.435 e. The highest BCUT2D eigenvalue weighted by Gasteiger charge is 2.33. The third-order valence-electron chi connectivity index (χ3n) is 3.33. The molecule has 3 heterocycles. The number of alkyl halides is 3. The smallest absolute Gasteiger partial charge is 0.353 e. The van der Waals surface area contributed by atoms with Gasteiger partial charge in [-0.3, -0.25) is 4.68 Å². The van der Waals surface area contributed by atoms with Gasteiger partial charge in [-0.25, -0.2) is 0 Å². The zero-order chi connectivity index (χ0) is 14.2. The SMILES string of the molecule is FC(F)(F)c1ccc(N2CCC(n3cccn3)C2)nn1. The van der Waals surface area contributed by atoms with Gasteiger partial charge >= 0.3 is 6.18 Å². The van der Waals surface area contributed by atoms with Gasteiger partial charge in [0.25, 0.3) is 0 Å². The molecule has 0 bridgehead atoms. The van der Waals surface area contributed by atoms with Crippen LogP contribution in [0.5, 0.6) is 0 Å². The van der Waals surface area contributed by atoms with Crippen molar-refractivity contribution in [1.29, 1.82) is 0 Å². The lowest BCUT2D eigenvalue weighted by Crippen LogP contribution is -2.23. The van der Waals surface area contributed by atoms with Gasteiger partial charge in [0.2, 0.25) is 0 Å². The van der Waals surface area contributed by atoms with E-state index in [4.69, 9.17) is 0 Å². The second-order valence-corrected chi connectivity index (χ2v) is 4.65. The number of rotatable bonds is 2. The minimum atomic E-state index is -4.45. The first kappa shape index (κ1) is 12.9. The average molecular weight is 283 g/mol. The molecule has 3 rings (SSSR count). The van der Waals surface area contributed by atoms with Gasteiger partial charge in [-0.05, 0) is 24.6 Å². The predicted octanol–water partition coefficient (Wildman–Crippen LogP) is 2.14. The molecule has 1 atom stereocenters. The molecule has 1 saturated heterocycles. The lowest BCUT2D eigenvalue weighted by molar-refractivity contribution is -0.141. The van der Waals surface area contributed by atoms with Crippen molar-refractivity contribution in [2.45, 2.75) is 18.6 Å². The molecule has 1 unspecified atom stereocenters. The molecule has 0 spiro atoms. The summed E-state index contributed by atoms with van der Waals surface area (Å²) in [5, 5.41) is 11.1. The molecule has 0 amide bonds. The number of halogens is 3. The summed E-state index contributed by atoms with van der Waals surface area (Å²) in [5.74, 6) is 0.465. The fourth-order valence-corrected chi connectivity index (χ4v) is 2.31. The van der Waals surface area contributed by atoms with Crippen LogP contribution in [0, 0.1) is 0 Å². The van der Waals surface area contributed by atoms with Crippen LogP contribution < -0.4 is 4.90 Å². The largest absolute Gasteiger partial charge is 0.435 e. The summed E-state index contributed by atoms with van der Waals surface area (Å²) in [5.41, 5.74) is -0.968. The van der Waals surface area contributed by atoms with E-state index < -0.39 is 11.9 Å². The molecule has 0 radical (unpaired) electrons. The molecule has 1 aliphatic heterocycles. The molecule has 2 aromatic rings. The van der Waals surface area contributed by atoms with E-state index in [9.17, 15) is 13.2 Å². The molecule has 5 nitrogen and oxygen atoms in total. The van der Waals surface area contributed by atoms with Gasteiger partial charge in [0.05, 0.1) is 6.04 Å². The molecule has 2 aromatic heterocycles. The van der Waals surface area contributed by atoms with E-state index in [0.29, 0.717) is 12.4 Å². The molecular weight excluding hydrogens is 271 g/mol. The summed E-state index contributed by atoms with van der Waals surface area (Å²) in [4.78, 5) is 1.92. The summed E-state index contributed by atoms with van der Waals surface area (Å²) in [6.07, 6.45) is 0.0195. The Hall–Kier alpha value is -2.12. The van der Waals surface area contributed by atoms with Gasteiger partial charge in [0.15, 0.2) is 11.5 Å². The Bertz CT molecular complexity index is 564. The van der Waals surface area contributed by atoms with Crippen molar-refractivity contribution in [2.24, 2.45) is 0 Å². The van der Waals surface area contributed by atoms with Crippen LogP contribution in [0.25, 0.3) is 0 Å². The molecule has 106 valence electrons. The molecule has 1 aliphatic rings. The maximum atomic E-state index is 12.4. The third-order valence-corrected chi connectivity index (χ3v) is 3.33. The van der Waals surface area contributed by atoms with Crippen LogP contribution >= 0.6 is 0 Å².